The summed E-state index contributed by atoms with van der Waals surface area (Å²) in [5.74, 6) is 0. The van der Waals surface area contributed by atoms with Gasteiger partial charge in [0.25, 0.3) is 5.56 Å². The average molecular weight is 293 g/mol. The Morgan fingerprint density at radius 2 is 1.71 bits per heavy atom. The largest absolute Gasteiger partial charge is 0.342 e. The molecule has 0 fully saturated rings. The van der Waals surface area contributed by atoms with Gasteiger partial charge >= 0.3 is 5.69 Å². The molecule has 1 aromatic heterocycles. The highest BCUT2D eigenvalue weighted by molar-refractivity contribution is 6.46. The summed E-state index contributed by atoms with van der Waals surface area (Å²) in [4.78, 5) is 24.4. The first-order chi connectivity index (χ1) is 8.00. The highest BCUT2D eigenvalue weighted by Gasteiger charge is 2.16. The van der Waals surface area contributed by atoms with Crippen molar-refractivity contribution < 1.29 is 0 Å². The molecule has 0 bridgehead atoms. The molecule has 8 heteroatoms. The topological polar surface area (TPSA) is 78.6 Å². The van der Waals surface area contributed by atoms with E-state index in [0.29, 0.717) is 0 Å². The van der Waals surface area contributed by atoms with Crippen LogP contribution in [0.3, 0.4) is 0 Å². The summed E-state index contributed by atoms with van der Waals surface area (Å²) >= 11 is 17.7. The van der Waals surface area contributed by atoms with E-state index in [2.05, 4.69) is 10.2 Å². The lowest BCUT2D eigenvalue weighted by molar-refractivity contribution is 0.898. The molecule has 2 aromatic rings. The number of hydrogen-bond donors (Lipinski definition) is 2. The van der Waals surface area contributed by atoms with Crippen molar-refractivity contribution >= 4 is 34.8 Å². The van der Waals surface area contributed by atoms with Gasteiger partial charge in [0, 0.05) is 5.56 Å². The first-order valence-electron chi connectivity index (χ1n) is 4.33. The lowest BCUT2D eigenvalue weighted by atomic mass is 10.1. The van der Waals surface area contributed by atoms with Crippen molar-refractivity contribution in [3.05, 3.63) is 48.0 Å². The summed E-state index contributed by atoms with van der Waals surface area (Å²) in [5, 5.41) is 6.24. The maximum Gasteiger partial charge on any atom is 0.342 e. The van der Waals surface area contributed by atoms with E-state index >= 15 is 0 Å². The quantitative estimate of drug-likeness (QED) is 0.790. The van der Waals surface area contributed by atoms with Crippen LogP contribution in [-0.2, 0) is 0 Å². The molecule has 0 saturated heterocycles. The van der Waals surface area contributed by atoms with Gasteiger partial charge in [-0.15, -0.1) is 0 Å². The van der Waals surface area contributed by atoms with E-state index in [9.17, 15) is 9.59 Å². The van der Waals surface area contributed by atoms with Gasteiger partial charge in [-0.2, -0.15) is 5.10 Å². The zero-order chi connectivity index (χ0) is 12.6. The van der Waals surface area contributed by atoms with Gasteiger partial charge < -0.3 is 0 Å². The lowest BCUT2D eigenvalue weighted by Crippen LogP contribution is -2.25. The van der Waals surface area contributed by atoms with E-state index in [4.69, 9.17) is 34.8 Å². The second-order valence-electron chi connectivity index (χ2n) is 3.07. The number of rotatable bonds is 1. The van der Waals surface area contributed by atoms with Crippen molar-refractivity contribution in [1.82, 2.24) is 15.2 Å². The normalized spacial score (nSPS) is 10.5. The van der Waals surface area contributed by atoms with Gasteiger partial charge in [-0.25, -0.2) is 9.89 Å². The van der Waals surface area contributed by atoms with Crippen LogP contribution in [0.25, 0.3) is 11.3 Å². The predicted molar refractivity (Wildman–Crippen MR) is 65.9 cm³/mol. The van der Waals surface area contributed by atoms with Crippen molar-refractivity contribution in [3.8, 4) is 11.3 Å². The van der Waals surface area contributed by atoms with E-state index < -0.39 is 11.2 Å². The number of hydrogen-bond acceptors (Lipinski definition) is 3. The number of nitrogens with zero attached hydrogens (tertiary/aromatic N) is 1. The van der Waals surface area contributed by atoms with Crippen LogP contribution in [0.2, 0.25) is 15.1 Å². The molecule has 88 valence electrons. The summed E-state index contributed by atoms with van der Waals surface area (Å²) in [6.45, 7) is 0. The van der Waals surface area contributed by atoms with Crippen LogP contribution < -0.4 is 11.2 Å². The third kappa shape index (κ3) is 2.22. The van der Waals surface area contributed by atoms with Gasteiger partial charge in [0.05, 0.1) is 15.1 Å². The molecule has 5 nitrogen and oxygen atoms in total. The van der Waals surface area contributed by atoms with Crippen LogP contribution in [0.15, 0.2) is 21.7 Å². The monoisotopic (exact) mass is 291 g/mol. The number of H-pyrrole nitrogens is 2. The SMILES string of the molecule is O=c1[nH]nc(-c2c(Cl)ccc(Cl)c2Cl)c(=O)[nH]1. The Morgan fingerprint density at radius 3 is 2.35 bits per heavy atom. The number of aromatic nitrogens is 3. The Hall–Kier alpha value is -1.30. The molecule has 0 aliphatic carbocycles. The molecule has 1 aromatic carbocycles. The van der Waals surface area contributed by atoms with Crippen LogP contribution >= 0.6 is 34.8 Å². The summed E-state index contributed by atoms with van der Waals surface area (Å²) in [6.07, 6.45) is 0. The lowest BCUT2D eigenvalue weighted by Gasteiger charge is -2.05. The molecule has 17 heavy (non-hydrogen) atoms. The van der Waals surface area contributed by atoms with Crippen LogP contribution in [-0.4, -0.2) is 15.2 Å². The minimum Gasteiger partial charge on any atom is -0.271 e. The molecule has 0 spiro atoms. The minimum absolute atomic E-state index is 0.0953. The zero-order valence-electron chi connectivity index (χ0n) is 8.05. The van der Waals surface area contributed by atoms with E-state index in [-0.39, 0.29) is 26.3 Å². The Morgan fingerprint density at radius 1 is 1.06 bits per heavy atom. The number of aromatic amines is 2. The van der Waals surface area contributed by atoms with Crippen molar-refractivity contribution in [2.45, 2.75) is 0 Å². The number of halogens is 3. The average Bonchev–Trinajstić information content (AvgIpc) is 2.27. The first kappa shape index (κ1) is 12.2. The maximum absolute atomic E-state index is 11.6. The Bertz CT molecular complexity index is 693. The Labute approximate surface area is 109 Å². The second-order valence-corrected chi connectivity index (χ2v) is 4.27. The van der Waals surface area contributed by atoms with Crippen molar-refractivity contribution in [2.75, 3.05) is 0 Å². The molecule has 2 rings (SSSR count). The predicted octanol–water partition coefficient (Wildman–Crippen LogP) is 2.09. The van der Waals surface area contributed by atoms with Crippen LogP contribution in [0, 0.1) is 0 Å². The van der Waals surface area contributed by atoms with Gasteiger partial charge in [0.1, 0.15) is 0 Å². The van der Waals surface area contributed by atoms with E-state index in [1.807, 2.05) is 4.98 Å². The third-order valence-electron chi connectivity index (χ3n) is 1.99. The van der Waals surface area contributed by atoms with Crippen LogP contribution in [0.5, 0.6) is 0 Å². The van der Waals surface area contributed by atoms with Gasteiger partial charge in [-0.3, -0.25) is 9.78 Å². The highest BCUT2D eigenvalue weighted by Crippen LogP contribution is 2.36. The fourth-order valence-corrected chi connectivity index (χ4v) is 1.97. The molecule has 1 heterocycles. The fourth-order valence-electron chi connectivity index (χ4n) is 1.26. The summed E-state index contributed by atoms with van der Waals surface area (Å²) in [5.41, 5.74) is -1.33. The molecule has 0 aliphatic rings. The van der Waals surface area contributed by atoms with E-state index in [0.717, 1.165) is 0 Å². The zero-order valence-corrected chi connectivity index (χ0v) is 10.3. The van der Waals surface area contributed by atoms with E-state index in [1.165, 1.54) is 12.1 Å². The van der Waals surface area contributed by atoms with Crippen molar-refractivity contribution in [3.63, 3.8) is 0 Å². The Kier molecular flexibility index (Phi) is 3.24. The summed E-state index contributed by atoms with van der Waals surface area (Å²) in [6, 6.07) is 2.98. The Balaban J connectivity index is 2.81. The van der Waals surface area contributed by atoms with Gasteiger partial charge in [-0.1, -0.05) is 34.8 Å². The standard InChI is InChI=1S/C9H4Cl3N3O2/c10-3-1-2-4(11)6(12)5(3)7-8(16)13-9(17)15-14-7/h1-2H,(H2,13,15,16,17). The molecule has 0 radical (unpaired) electrons. The number of benzene rings is 1. The third-order valence-corrected chi connectivity index (χ3v) is 3.11. The molecule has 0 aliphatic heterocycles. The van der Waals surface area contributed by atoms with Crippen molar-refractivity contribution in [1.29, 1.82) is 0 Å². The summed E-state index contributed by atoms with van der Waals surface area (Å²) in [7, 11) is 0. The molecular weight excluding hydrogens is 288 g/mol. The van der Waals surface area contributed by atoms with E-state index in [1.54, 1.807) is 0 Å². The maximum atomic E-state index is 11.6. The van der Waals surface area contributed by atoms with Gasteiger partial charge in [0.15, 0.2) is 5.69 Å². The fraction of sp³-hybridized carbons (Fsp3) is 0. The van der Waals surface area contributed by atoms with Gasteiger partial charge in [0.2, 0.25) is 0 Å². The summed E-state index contributed by atoms with van der Waals surface area (Å²) < 4.78 is 0. The molecule has 0 amide bonds. The molecule has 2 N–H and O–H groups in total. The molecule has 0 saturated carbocycles. The number of nitrogens with one attached hydrogen (secondary N) is 2. The smallest absolute Gasteiger partial charge is 0.271 e. The highest BCUT2D eigenvalue weighted by atomic mass is 35.5. The first-order valence-corrected chi connectivity index (χ1v) is 5.47. The minimum atomic E-state index is -0.715. The van der Waals surface area contributed by atoms with Crippen LogP contribution in [0.4, 0.5) is 0 Å². The van der Waals surface area contributed by atoms with Crippen LogP contribution in [0.1, 0.15) is 0 Å². The molecular formula is C9H4Cl3N3O2. The second kappa shape index (κ2) is 4.52. The van der Waals surface area contributed by atoms with Gasteiger partial charge in [-0.05, 0) is 12.1 Å². The van der Waals surface area contributed by atoms with Crippen molar-refractivity contribution in [2.24, 2.45) is 0 Å². The molecule has 0 unspecified atom stereocenters. The molecule has 0 atom stereocenters.